The van der Waals surface area contributed by atoms with Gasteiger partial charge in [-0.05, 0) is 29.7 Å². The average Bonchev–Trinajstić information content (AvgIpc) is 2.77. The number of carbonyl (C=O) groups excluding carboxylic acids is 2. The second-order valence-electron chi connectivity index (χ2n) is 7.95. The van der Waals surface area contributed by atoms with Crippen LogP contribution in [0.25, 0.3) is 0 Å². The highest BCUT2D eigenvalue weighted by molar-refractivity contribution is 5.85. The Bertz CT molecular complexity index is 883. The predicted octanol–water partition coefficient (Wildman–Crippen LogP) is 4.72. The molecule has 166 valence electrons. The van der Waals surface area contributed by atoms with Gasteiger partial charge in [0.2, 0.25) is 0 Å². The van der Waals surface area contributed by atoms with E-state index in [9.17, 15) is 9.59 Å². The molecule has 0 saturated carbocycles. The third kappa shape index (κ3) is 6.46. The first-order valence-electron chi connectivity index (χ1n) is 10.4. The fourth-order valence-corrected chi connectivity index (χ4v) is 3.41. The first-order valence-corrected chi connectivity index (χ1v) is 10.4. The lowest BCUT2D eigenvalue weighted by Gasteiger charge is -2.32. The number of anilines is 1. The average molecular weight is 427 g/mol. The number of ether oxygens (including phenoxy) is 4. The maximum atomic E-state index is 12.2. The van der Waals surface area contributed by atoms with E-state index >= 15 is 0 Å². The molecule has 31 heavy (non-hydrogen) atoms. The summed E-state index contributed by atoms with van der Waals surface area (Å²) < 4.78 is 22.1. The highest BCUT2D eigenvalue weighted by atomic mass is 16.5. The van der Waals surface area contributed by atoms with Gasteiger partial charge >= 0.3 is 12.1 Å². The third-order valence-electron chi connectivity index (χ3n) is 4.92. The van der Waals surface area contributed by atoms with Gasteiger partial charge in [-0.1, -0.05) is 44.2 Å². The Morgan fingerprint density at radius 2 is 1.90 bits per heavy atom. The number of fused-ring (bicyclic) bond motifs is 1. The number of esters is 1. The standard InChI is InChI=1S/C24H29NO6/c1-16(2)13-30-22(26)11-18-15-29-21-10-9-19(12-20(21)23(18)28-3)25-24(27)31-14-17-7-5-4-6-8-17/h4-10,12,16,18,23H,11,13-15H2,1-3H3,(H,25,27). The molecule has 0 spiro atoms. The van der Waals surface area contributed by atoms with Crippen molar-refractivity contribution >= 4 is 17.7 Å². The van der Waals surface area contributed by atoms with Crippen LogP contribution in [0.2, 0.25) is 0 Å². The summed E-state index contributed by atoms with van der Waals surface area (Å²) in [6, 6.07) is 14.8. The van der Waals surface area contributed by atoms with Gasteiger partial charge < -0.3 is 18.9 Å². The zero-order valence-corrected chi connectivity index (χ0v) is 18.1. The van der Waals surface area contributed by atoms with Gasteiger partial charge in [0, 0.05) is 24.3 Å². The van der Waals surface area contributed by atoms with Crippen molar-refractivity contribution in [1.29, 1.82) is 0 Å². The normalized spacial score (nSPS) is 17.4. The lowest BCUT2D eigenvalue weighted by atomic mass is 9.90. The smallest absolute Gasteiger partial charge is 0.411 e. The van der Waals surface area contributed by atoms with Crippen molar-refractivity contribution in [2.45, 2.75) is 33.0 Å². The maximum absolute atomic E-state index is 12.2. The minimum absolute atomic E-state index is 0.183. The summed E-state index contributed by atoms with van der Waals surface area (Å²) in [5.74, 6) is 0.492. The summed E-state index contributed by atoms with van der Waals surface area (Å²) in [6.07, 6.45) is -0.706. The molecule has 2 atom stereocenters. The van der Waals surface area contributed by atoms with Crippen LogP contribution in [0.3, 0.4) is 0 Å². The Labute approximate surface area is 182 Å². The van der Waals surface area contributed by atoms with E-state index in [-0.39, 0.29) is 36.9 Å². The monoisotopic (exact) mass is 427 g/mol. The third-order valence-corrected chi connectivity index (χ3v) is 4.92. The molecule has 0 aromatic heterocycles. The molecule has 0 saturated heterocycles. The van der Waals surface area contributed by atoms with Crippen LogP contribution in [0.15, 0.2) is 48.5 Å². The summed E-state index contributed by atoms with van der Waals surface area (Å²) in [6.45, 7) is 4.91. The summed E-state index contributed by atoms with van der Waals surface area (Å²) in [7, 11) is 1.60. The quantitative estimate of drug-likeness (QED) is 0.614. The van der Waals surface area contributed by atoms with Crippen molar-refractivity contribution in [2.24, 2.45) is 11.8 Å². The van der Waals surface area contributed by atoms with Crippen LogP contribution in [0.1, 0.15) is 37.5 Å². The van der Waals surface area contributed by atoms with Crippen LogP contribution < -0.4 is 10.1 Å². The van der Waals surface area contributed by atoms with E-state index in [0.29, 0.717) is 24.7 Å². The van der Waals surface area contributed by atoms with Crippen LogP contribution in [0, 0.1) is 11.8 Å². The molecule has 1 amide bonds. The van der Waals surface area contributed by atoms with Crippen molar-refractivity contribution in [3.8, 4) is 5.75 Å². The number of benzene rings is 2. The van der Waals surface area contributed by atoms with Gasteiger partial charge in [0.05, 0.1) is 25.7 Å². The van der Waals surface area contributed by atoms with Crippen LogP contribution in [-0.2, 0) is 25.6 Å². The number of hydrogen-bond donors (Lipinski definition) is 1. The molecule has 0 fully saturated rings. The number of methoxy groups -OCH3 is 1. The zero-order valence-electron chi connectivity index (χ0n) is 18.1. The molecule has 1 aliphatic heterocycles. The van der Waals surface area contributed by atoms with Crippen molar-refractivity contribution in [3.63, 3.8) is 0 Å². The molecule has 2 aromatic carbocycles. The largest absolute Gasteiger partial charge is 0.493 e. The van der Waals surface area contributed by atoms with Gasteiger partial charge in [0.15, 0.2) is 0 Å². The molecule has 7 nitrogen and oxygen atoms in total. The summed E-state index contributed by atoms with van der Waals surface area (Å²) in [5.41, 5.74) is 2.24. The summed E-state index contributed by atoms with van der Waals surface area (Å²) >= 11 is 0. The van der Waals surface area contributed by atoms with E-state index in [1.165, 1.54) is 0 Å². The van der Waals surface area contributed by atoms with Crippen molar-refractivity contribution in [2.75, 3.05) is 25.6 Å². The Balaban J connectivity index is 1.62. The SMILES string of the molecule is COC1c2cc(NC(=O)OCc3ccccc3)ccc2OCC1CC(=O)OCC(C)C. The van der Waals surface area contributed by atoms with E-state index in [2.05, 4.69) is 5.32 Å². The van der Waals surface area contributed by atoms with E-state index in [1.54, 1.807) is 25.3 Å². The van der Waals surface area contributed by atoms with E-state index in [4.69, 9.17) is 18.9 Å². The van der Waals surface area contributed by atoms with Gasteiger partial charge in [-0.2, -0.15) is 0 Å². The Morgan fingerprint density at radius 3 is 2.61 bits per heavy atom. The number of hydrogen-bond acceptors (Lipinski definition) is 6. The van der Waals surface area contributed by atoms with Gasteiger partial charge in [-0.3, -0.25) is 10.1 Å². The Hall–Kier alpha value is -3.06. The fourth-order valence-electron chi connectivity index (χ4n) is 3.41. The molecular weight excluding hydrogens is 398 g/mol. The lowest BCUT2D eigenvalue weighted by molar-refractivity contribution is -0.148. The molecule has 0 aliphatic carbocycles. The molecule has 3 rings (SSSR count). The predicted molar refractivity (Wildman–Crippen MR) is 116 cm³/mol. The minimum Gasteiger partial charge on any atom is -0.493 e. The van der Waals surface area contributed by atoms with Gasteiger partial charge in [-0.15, -0.1) is 0 Å². The van der Waals surface area contributed by atoms with Gasteiger partial charge in [-0.25, -0.2) is 4.79 Å². The summed E-state index contributed by atoms with van der Waals surface area (Å²) in [4.78, 5) is 24.4. The first kappa shape index (κ1) is 22.6. The molecule has 2 aromatic rings. The zero-order chi connectivity index (χ0) is 22.2. The van der Waals surface area contributed by atoms with E-state index < -0.39 is 6.09 Å². The lowest BCUT2D eigenvalue weighted by Crippen LogP contribution is -2.30. The molecule has 1 heterocycles. The van der Waals surface area contributed by atoms with Crippen molar-refractivity contribution in [3.05, 3.63) is 59.7 Å². The van der Waals surface area contributed by atoms with Crippen molar-refractivity contribution in [1.82, 2.24) is 0 Å². The number of carbonyl (C=O) groups is 2. The van der Waals surface area contributed by atoms with E-state index in [1.807, 2.05) is 44.2 Å². The minimum atomic E-state index is -0.552. The molecule has 1 aliphatic rings. The molecule has 0 bridgehead atoms. The molecule has 7 heteroatoms. The molecule has 0 radical (unpaired) electrons. The maximum Gasteiger partial charge on any atom is 0.411 e. The highest BCUT2D eigenvalue weighted by Gasteiger charge is 2.33. The molecule has 2 unspecified atom stereocenters. The number of rotatable bonds is 8. The number of amides is 1. The van der Waals surface area contributed by atoms with Gasteiger partial charge in [0.25, 0.3) is 0 Å². The Morgan fingerprint density at radius 1 is 1.13 bits per heavy atom. The Kier molecular flexibility index (Phi) is 7.89. The van der Waals surface area contributed by atoms with Crippen LogP contribution in [-0.4, -0.2) is 32.4 Å². The fraction of sp³-hybridized carbons (Fsp3) is 0.417. The first-order chi connectivity index (χ1) is 15.0. The second kappa shape index (κ2) is 10.8. The van der Waals surface area contributed by atoms with Gasteiger partial charge in [0.1, 0.15) is 12.4 Å². The van der Waals surface area contributed by atoms with Crippen molar-refractivity contribution < 1.29 is 28.5 Å². The van der Waals surface area contributed by atoms with Crippen LogP contribution in [0.5, 0.6) is 5.75 Å². The molecular formula is C24H29NO6. The van der Waals surface area contributed by atoms with Crippen LogP contribution in [0.4, 0.5) is 10.5 Å². The second-order valence-corrected chi connectivity index (χ2v) is 7.95. The summed E-state index contributed by atoms with van der Waals surface area (Å²) in [5, 5.41) is 2.73. The van der Waals surface area contributed by atoms with Crippen LogP contribution >= 0.6 is 0 Å². The van der Waals surface area contributed by atoms with E-state index in [0.717, 1.165) is 11.1 Å². The topological polar surface area (TPSA) is 83.1 Å². The number of nitrogens with one attached hydrogen (secondary N) is 1. The molecule has 1 N–H and O–H groups in total. The highest BCUT2D eigenvalue weighted by Crippen LogP contribution is 2.40.